The van der Waals surface area contributed by atoms with Crippen LogP contribution in [0.25, 0.3) is 0 Å². The minimum absolute atomic E-state index is 0.0265. The van der Waals surface area contributed by atoms with Gasteiger partial charge in [-0.25, -0.2) is 17.2 Å². The number of benzene rings is 1. The molecule has 1 amide bonds. The molecule has 0 aliphatic carbocycles. The van der Waals surface area contributed by atoms with Gasteiger partial charge in [0.05, 0.1) is 47.1 Å². The first-order valence-corrected chi connectivity index (χ1v) is 16.9. The molecule has 2 bridgehead atoms. The van der Waals surface area contributed by atoms with Crippen molar-refractivity contribution in [3.63, 3.8) is 0 Å². The van der Waals surface area contributed by atoms with Gasteiger partial charge in [0.15, 0.2) is 0 Å². The van der Waals surface area contributed by atoms with Crippen LogP contribution in [0.1, 0.15) is 63.0 Å². The number of sulfonamides is 1. The van der Waals surface area contributed by atoms with E-state index in [4.69, 9.17) is 22.1 Å². The number of amides is 1. The smallest absolute Gasteiger partial charge is 0.241 e. The summed E-state index contributed by atoms with van der Waals surface area (Å²) in [6.07, 6.45) is 5.51. The molecule has 4 N–H and O–H groups in total. The molecule has 3 aliphatic rings. The largest absolute Gasteiger partial charge is 0.376 e. The van der Waals surface area contributed by atoms with Crippen molar-refractivity contribution in [1.82, 2.24) is 14.6 Å². The monoisotopic (exact) mass is 639 g/mol. The van der Waals surface area contributed by atoms with Crippen molar-refractivity contribution in [2.45, 2.75) is 88.6 Å². The third-order valence-corrected chi connectivity index (χ3v) is 11.3. The number of nitrogens with one attached hydrogen (secondary N) is 2. The molecule has 3 saturated heterocycles. The zero-order valence-corrected chi connectivity index (χ0v) is 26.0. The van der Waals surface area contributed by atoms with Crippen LogP contribution in [0.4, 0.5) is 14.5 Å². The summed E-state index contributed by atoms with van der Waals surface area (Å²) in [4.78, 5) is 17.6. The standard InChI is InChI=1S/C30H40ClF2N5O4S/c1-17-10-20(11-18(2)42-17)28(19-5-8-24(31)25(32)12-19)29(34)30(39)37-27-15-35-14-26(33)23(27)7-6-22-13-36-21-4-3-9-43(40,41)38(22)16-21/h5,8,12,14-15,17-18,20-22,28-29,36H,3-4,6-7,9-11,13,16,34H2,1-2H3,(H,37,39)/t17-,18+,20+,21-,22+,28+,29+/m1/s1. The SMILES string of the molecule is C[C@@H]1C[C@H]([C@H](c2ccc(Cl)c(F)c2)[C@H](N)C(=O)Nc2cncc(F)c2CC[C@H]2CN[C@@H]3CCCS(=O)(=O)N2C3)C[C@H](C)O1. The van der Waals surface area contributed by atoms with E-state index in [-0.39, 0.29) is 58.7 Å². The highest BCUT2D eigenvalue weighted by Crippen LogP contribution is 2.39. The predicted molar refractivity (Wildman–Crippen MR) is 161 cm³/mol. The van der Waals surface area contributed by atoms with Crippen LogP contribution in [0.3, 0.4) is 0 Å². The van der Waals surface area contributed by atoms with Crippen molar-refractivity contribution < 1.29 is 26.7 Å². The highest BCUT2D eigenvalue weighted by atomic mass is 35.5. The fourth-order valence-electron chi connectivity index (χ4n) is 7.00. The van der Waals surface area contributed by atoms with E-state index in [1.807, 2.05) is 13.8 Å². The number of nitrogens with two attached hydrogens (primary N) is 1. The molecule has 3 aliphatic heterocycles. The Hall–Kier alpha value is -2.22. The normalized spacial score (nSPS) is 30.2. The number of anilines is 1. The molecule has 13 heteroatoms. The van der Waals surface area contributed by atoms with E-state index in [1.165, 1.54) is 18.3 Å². The number of pyridine rings is 1. The van der Waals surface area contributed by atoms with Gasteiger partial charge in [0.2, 0.25) is 15.9 Å². The molecule has 43 heavy (non-hydrogen) atoms. The van der Waals surface area contributed by atoms with Gasteiger partial charge in [-0.3, -0.25) is 9.78 Å². The Kier molecular flexibility index (Phi) is 10.0. The lowest BCUT2D eigenvalue weighted by Crippen LogP contribution is -2.57. The van der Waals surface area contributed by atoms with Crippen molar-refractivity contribution >= 4 is 33.2 Å². The number of nitrogens with zero attached hydrogens (tertiary/aromatic N) is 2. The fourth-order valence-corrected chi connectivity index (χ4v) is 8.93. The third-order valence-electron chi connectivity index (χ3n) is 9.01. The minimum Gasteiger partial charge on any atom is -0.376 e. The summed E-state index contributed by atoms with van der Waals surface area (Å²) in [5.74, 6) is -2.29. The zero-order valence-electron chi connectivity index (χ0n) is 24.4. The molecule has 0 radical (unpaired) electrons. The first-order chi connectivity index (χ1) is 20.4. The van der Waals surface area contributed by atoms with Gasteiger partial charge >= 0.3 is 0 Å². The number of carbonyl (C=O) groups is 1. The molecular formula is C30H40ClF2N5O4S. The predicted octanol–water partition coefficient (Wildman–Crippen LogP) is 3.97. The highest BCUT2D eigenvalue weighted by molar-refractivity contribution is 7.89. The van der Waals surface area contributed by atoms with Gasteiger partial charge in [-0.15, -0.1) is 0 Å². The summed E-state index contributed by atoms with van der Waals surface area (Å²) in [6.45, 7) is 4.79. The Bertz CT molecular complexity index is 1420. The van der Waals surface area contributed by atoms with Crippen LogP contribution < -0.4 is 16.4 Å². The molecule has 2 aromatic rings. The van der Waals surface area contributed by atoms with E-state index in [2.05, 4.69) is 15.6 Å². The summed E-state index contributed by atoms with van der Waals surface area (Å²) in [7, 11) is -3.40. The van der Waals surface area contributed by atoms with Gasteiger partial charge in [0, 0.05) is 36.7 Å². The summed E-state index contributed by atoms with van der Waals surface area (Å²) < 4.78 is 62.9. The third kappa shape index (κ3) is 7.37. The van der Waals surface area contributed by atoms with E-state index < -0.39 is 39.5 Å². The topological polar surface area (TPSA) is 127 Å². The molecule has 1 aromatic carbocycles. The molecular weight excluding hydrogens is 600 g/mol. The van der Waals surface area contributed by atoms with Crippen LogP contribution in [-0.2, 0) is 26.0 Å². The minimum atomic E-state index is -3.40. The molecule has 3 fully saturated rings. The van der Waals surface area contributed by atoms with Gasteiger partial charge in [-0.2, -0.15) is 4.31 Å². The van der Waals surface area contributed by atoms with Gasteiger partial charge in [-0.1, -0.05) is 17.7 Å². The van der Waals surface area contributed by atoms with Crippen molar-refractivity contribution in [2.24, 2.45) is 11.7 Å². The second kappa shape index (κ2) is 13.4. The van der Waals surface area contributed by atoms with Gasteiger partial charge in [0.25, 0.3) is 0 Å². The number of fused-ring (bicyclic) bond motifs is 2. The lowest BCUT2D eigenvalue weighted by molar-refractivity contribution is -0.119. The Morgan fingerprint density at radius 1 is 1.23 bits per heavy atom. The summed E-state index contributed by atoms with van der Waals surface area (Å²) in [5.41, 5.74) is 7.58. The number of aromatic nitrogens is 1. The number of halogens is 3. The Balaban J connectivity index is 1.36. The zero-order chi connectivity index (χ0) is 30.9. The molecule has 1 unspecified atom stereocenters. The Morgan fingerprint density at radius 2 is 1.98 bits per heavy atom. The summed E-state index contributed by atoms with van der Waals surface area (Å²) in [6, 6.07) is 3.15. The molecule has 0 spiro atoms. The summed E-state index contributed by atoms with van der Waals surface area (Å²) >= 11 is 5.95. The lowest BCUT2D eigenvalue weighted by atomic mass is 9.74. The van der Waals surface area contributed by atoms with E-state index in [9.17, 15) is 17.6 Å². The van der Waals surface area contributed by atoms with Crippen LogP contribution in [-0.4, -0.2) is 72.8 Å². The van der Waals surface area contributed by atoms with E-state index in [1.54, 1.807) is 10.4 Å². The number of hydrogen-bond acceptors (Lipinski definition) is 7. The van der Waals surface area contributed by atoms with Crippen LogP contribution >= 0.6 is 11.6 Å². The molecule has 8 atom stereocenters. The van der Waals surface area contributed by atoms with Gasteiger partial charge in [-0.05, 0) is 76.0 Å². The maximum absolute atomic E-state index is 15.1. The molecule has 0 saturated carbocycles. The van der Waals surface area contributed by atoms with Crippen LogP contribution in [0.2, 0.25) is 5.02 Å². The molecule has 1 aromatic heterocycles. The second-order valence-electron chi connectivity index (χ2n) is 12.2. The van der Waals surface area contributed by atoms with Crippen molar-refractivity contribution in [3.05, 3.63) is 58.4 Å². The van der Waals surface area contributed by atoms with Crippen molar-refractivity contribution in [2.75, 3.05) is 24.2 Å². The van der Waals surface area contributed by atoms with Crippen molar-refractivity contribution in [3.8, 4) is 0 Å². The molecule has 9 nitrogen and oxygen atoms in total. The number of carbonyl (C=O) groups excluding carboxylic acids is 1. The van der Waals surface area contributed by atoms with E-state index in [0.29, 0.717) is 44.3 Å². The molecule has 236 valence electrons. The fraction of sp³-hybridized carbons (Fsp3) is 0.600. The highest BCUT2D eigenvalue weighted by Gasteiger charge is 2.39. The van der Waals surface area contributed by atoms with Gasteiger partial charge in [0.1, 0.15) is 11.6 Å². The second-order valence-corrected chi connectivity index (χ2v) is 14.6. The van der Waals surface area contributed by atoms with Crippen molar-refractivity contribution in [1.29, 1.82) is 0 Å². The average molecular weight is 640 g/mol. The Morgan fingerprint density at radius 3 is 2.70 bits per heavy atom. The molecule has 4 heterocycles. The number of hydrogen-bond donors (Lipinski definition) is 3. The first kappa shape index (κ1) is 32.2. The Labute approximate surface area is 256 Å². The van der Waals surface area contributed by atoms with Crippen LogP contribution in [0.15, 0.2) is 30.6 Å². The first-order valence-electron chi connectivity index (χ1n) is 14.9. The van der Waals surface area contributed by atoms with E-state index in [0.717, 1.165) is 12.6 Å². The lowest BCUT2D eigenvalue weighted by Gasteiger charge is -2.39. The van der Waals surface area contributed by atoms with E-state index >= 15 is 4.39 Å². The number of ether oxygens (including phenoxy) is 1. The number of rotatable bonds is 8. The van der Waals surface area contributed by atoms with Gasteiger partial charge < -0.3 is 21.1 Å². The summed E-state index contributed by atoms with van der Waals surface area (Å²) in [5, 5.41) is 6.18. The quantitative estimate of drug-likeness (QED) is 0.399. The van der Waals surface area contributed by atoms with Crippen LogP contribution in [0.5, 0.6) is 0 Å². The maximum atomic E-state index is 15.1. The van der Waals surface area contributed by atoms with Crippen LogP contribution in [0, 0.1) is 17.6 Å². The maximum Gasteiger partial charge on any atom is 0.241 e. The average Bonchev–Trinajstić information content (AvgIpc) is 3.06. The molecule has 5 rings (SSSR count). The number of piperazine rings is 1.